The first-order valence-corrected chi connectivity index (χ1v) is 6.28. The smallest absolute Gasteiger partial charge is 0.162 e. The normalized spacial score (nSPS) is 16.7. The summed E-state index contributed by atoms with van der Waals surface area (Å²) in [5.41, 5.74) is 0.853. The molecule has 0 spiro atoms. The van der Waals surface area contributed by atoms with E-state index in [0.717, 1.165) is 28.0 Å². The van der Waals surface area contributed by atoms with E-state index in [-0.39, 0.29) is 0 Å². The van der Waals surface area contributed by atoms with Crippen molar-refractivity contribution in [2.75, 3.05) is 13.2 Å². The van der Waals surface area contributed by atoms with E-state index in [1.165, 1.54) is 0 Å². The van der Waals surface area contributed by atoms with E-state index in [9.17, 15) is 5.11 Å². The highest BCUT2D eigenvalue weighted by Gasteiger charge is 2.17. The lowest BCUT2D eigenvalue weighted by Gasteiger charge is -2.14. The van der Waals surface area contributed by atoms with Gasteiger partial charge in [-0.25, -0.2) is 0 Å². The van der Waals surface area contributed by atoms with Crippen molar-refractivity contribution in [1.82, 2.24) is 0 Å². The van der Waals surface area contributed by atoms with E-state index in [4.69, 9.17) is 9.47 Å². The van der Waals surface area contributed by atoms with E-state index in [1.54, 1.807) is 0 Å². The Morgan fingerprint density at radius 3 is 2.56 bits per heavy atom. The first kappa shape index (κ1) is 11.7. The van der Waals surface area contributed by atoms with Gasteiger partial charge in [0.15, 0.2) is 11.5 Å². The van der Waals surface area contributed by atoms with Crippen molar-refractivity contribution in [3.63, 3.8) is 0 Å². The fourth-order valence-corrected chi connectivity index (χ4v) is 2.26. The second-order valence-corrected chi connectivity index (χ2v) is 4.65. The van der Waals surface area contributed by atoms with Crippen LogP contribution < -0.4 is 9.47 Å². The summed E-state index contributed by atoms with van der Waals surface area (Å²) in [6, 6.07) is 3.73. The molecule has 1 aliphatic heterocycles. The molecule has 0 unspecified atom stereocenters. The molecule has 0 saturated carbocycles. The number of ether oxygens (including phenoxy) is 2. The second kappa shape index (κ2) is 5.06. The topological polar surface area (TPSA) is 38.7 Å². The van der Waals surface area contributed by atoms with Crippen LogP contribution in [0.15, 0.2) is 16.6 Å². The van der Waals surface area contributed by atoms with Gasteiger partial charge < -0.3 is 14.6 Å². The van der Waals surface area contributed by atoms with E-state index < -0.39 is 6.10 Å². The zero-order valence-corrected chi connectivity index (χ0v) is 10.8. The molecule has 4 heteroatoms. The summed E-state index contributed by atoms with van der Waals surface area (Å²) in [6.07, 6.45) is 1.10. The highest BCUT2D eigenvalue weighted by molar-refractivity contribution is 9.10. The number of halogens is 1. The van der Waals surface area contributed by atoms with Gasteiger partial charge in [0.2, 0.25) is 0 Å². The lowest BCUT2D eigenvalue weighted by atomic mass is 10.1. The van der Waals surface area contributed by atoms with Gasteiger partial charge in [-0.05, 0) is 24.1 Å². The maximum absolute atomic E-state index is 9.86. The first-order valence-electron chi connectivity index (χ1n) is 5.49. The standard InChI is InChI=1S/C12H15BrO3/c1-2-10(14)8-6-11-12(7-9(8)13)16-5-3-4-15-11/h6-7,10,14H,2-5H2,1H3/t10-/m1/s1. The molecule has 16 heavy (non-hydrogen) atoms. The number of fused-ring (bicyclic) bond motifs is 1. The summed E-state index contributed by atoms with van der Waals surface area (Å²) in [5, 5.41) is 9.86. The predicted molar refractivity (Wildman–Crippen MR) is 65.0 cm³/mol. The molecule has 0 aromatic heterocycles. The van der Waals surface area contributed by atoms with Crippen molar-refractivity contribution < 1.29 is 14.6 Å². The van der Waals surface area contributed by atoms with Crippen LogP contribution in [0.4, 0.5) is 0 Å². The van der Waals surface area contributed by atoms with Crippen molar-refractivity contribution >= 4 is 15.9 Å². The highest BCUT2D eigenvalue weighted by atomic mass is 79.9. The molecule has 2 rings (SSSR count). The van der Waals surface area contributed by atoms with Gasteiger partial charge in [-0.1, -0.05) is 22.9 Å². The molecule has 0 fully saturated rings. The van der Waals surface area contributed by atoms with Crippen LogP contribution in [0.3, 0.4) is 0 Å². The Hall–Kier alpha value is -0.740. The lowest BCUT2D eigenvalue weighted by molar-refractivity contribution is 0.172. The van der Waals surface area contributed by atoms with Crippen LogP contribution in [-0.4, -0.2) is 18.3 Å². The number of aliphatic hydroxyl groups excluding tert-OH is 1. The molecule has 0 aliphatic carbocycles. The fourth-order valence-electron chi connectivity index (χ4n) is 1.67. The number of rotatable bonds is 2. The molecule has 0 bridgehead atoms. The second-order valence-electron chi connectivity index (χ2n) is 3.79. The van der Waals surface area contributed by atoms with Crippen molar-refractivity contribution in [3.05, 3.63) is 22.2 Å². The van der Waals surface area contributed by atoms with Crippen LogP contribution in [0.2, 0.25) is 0 Å². The molecule has 3 nitrogen and oxygen atoms in total. The molecule has 1 aromatic rings. The Labute approximate surface area is 104 Å². The van der Waals surface area contributed by atoms with E-state index >= 15 is 0 Å². The SMILES string of the molecule is CC[C@@H](O)c1cc2c(cc1Br)OCCCO2. The van der Waals surface area contributed by atoms with Gasteiger partial charge in [-0.15, -0.1) is 0 Å². The van der Waals surface area contributed by atoms with Crippen LogP contribution in [-0.2, 0) is 0 Å². The number of benzene rings is 1. The Balaban J connectivity index is 2.38. The molecule has 1 heterocycles. The van der Waals surface area contributed by atoms with Crippen molar-refractivity contribution in [2.24, 2.45) is 0 Å². The zero-order chi connectivity index (χ0) is 11.5. The predicted octanol–water partition coefficient (Wildman–Crippen LogP) is 3.05. The van der Waals surface area contributed by atoms with Crippen molar-refractivity contribution in [3.8, 4) is 11.5 Å². The van der Waals surface area contributed by atoms with Crippen molar-refractivity contribution in [1.29, 1.82) is 0 Å². The van der Waals surface area contributed by atoms with Gasteiger partial charge in [0.1, 0.15) is 0 Å². The average Bonchev–Trinajstić information content (AvgIpc) is 2.51. The Morgan fingerprint density at radius 2 is 1.94 bits per heavy atom. The lowest BCUT2D eigenvalue weighted by Crippen LogP contribution is -1.99. The summed E-state index contributed by atoms with van der Waals surface area (Å²) in [5.74, 6) is 1.47. The minimum absolute atomic E-state index is 0.466. The fraction of sp³-hybridized carbons (Fsp3) is 0.500. The monoisotopic (exact) mass is 286 g/mol. The molecule has 0 saturated heterocycles. The molecule has 0 radical (unpaired) electrons. The van der Waals surface area contributed by atoms with Gasteiger partial charge in [0.25, 0.3) is 0 Å². The Morgan fingerprint density at radius 1 is 1.31 bits per heavy atom. The summed E-state index contributed by atoms with van der Waals surface area (Å²) in [7, 11) is 0. The van der Waals surface area contributed by atoms with Crippen LogP contribution in [0, 0.1) is 0 Å². The molecule has 1 atom stereocenters. The van der Waals surface area contributed by atoms with E-state index in [2.05, 4.69) is 15.9 Å². The van der Waals surface area contributed by atoms with Gasteiger partial charge >= 0.3 is 0 Å². The Bertz CT molecular complexity index is 379. The molecule has 0 amide bonds. The minimum atomic E-state index is -0.466. The highest BCUT2D eigenvalue weighted by Crippen LogP contribution is 2.38. The molecule has 88 valence electrons. The number of aliphatic hydroxyl groups is 1. The largest absolute Gasteiger partial charge is 0.490 e. The first-order chi connectivity index (χ1) is 7.72. The zero-order valence-electron chi connectivity index (χ0n) is 9.20. The summed E-state index contributed by atoms with van der Waals surface area (Å²) >= 11 is 3.45. The van der Waals surface area contributed by atoms with E-state index in [1.807, 2.05) is 19.1 Å². The summed E-state index contributed by atoms with van der Waals surface area (Å²) in [4.78, 5) is 0. The minimum Gasteiger partial charge on any atom is -0.490 e. The third kappa shape index (κ3) is 2.33. The maximum atomic E-state index is 9.86. The molecule has 1 aliphatic rings. The molecular weight excluding hydrogens is 272 g/mol. The Kier molecular flexibility index (Phi) is 3.71. The van der Waals surface area contributed by atoms with Crippen LogP contribution in [0.25, 0.3) is 0 Å². The molecular formula is C12H15BrO3. The number of hydrogen-bond acceptors (Lipinski definition) is 3. The molecule has 1 N–H and O–H groups in total. The van der Waals surface area contributed by atoms with Crippen LogP contribution in [0.1, 0.15) is 31.4 Å². The van der Waals surface area contributed by atoms with Gasteiger partial charge in [-0.2, -0.15) is 0 Å². The third-order valence-corrected chi connectivity index (χ3v) is 3.30. The maximum Gasteiger partial charge on any atom is 0.162 e. The van der Waals surface area contributed by atoms with Crippen LogP contribution in [0.5, 0.6) is 11.5 Å². The third-order valence-electron chi connectivity index (χ3n) is 2.61. The summed E-state index contributed by atoms with van der Waals surface area (Å²) in [6.45, 7) is 3.28. The van der Waals surface area contributed by atoms with Gasteiger partial charge in [-0.3, -0.25) is 0 Å². The van der Waals surface area contributed by atoms with E-state index in [0.29, 0.717) is 19.6 Å². The average molecular weight is 287 g/mol. The van der Waals surface area contributed by atoms with Crippen molar-refractivity contribution in [2.45, 2.75) is 25.9 Å². The van der Waals surface area contributed by atoms with Crippen LogP contribution >= 0.6 is 15.9 Å². The quantitative estimate of drug-likeness (QED) is 0.908. The number of hydrogen-bond donors (Lipinski definition) is 1. The van der Waals surface area contributed by atoms with Gasteiger partial charge in [0.05, 0.1) is 19.3 Å². The molecule has 1 aromatic carbocycles. The van der Waals surface area contributed by atoms with Gasteiger partial charge in [0, 0.05) is 10.9 Å². The summed E-state index contributed by atoms with van der Waals surface area (Å²) < 4.78 is 12.0.